The van der Waals surface area contributed by atoms with Crippen LogP contribution in [0.1, 0.15) is 72.8 Å². The van der Waals surface area contributed by atoms with E-state index in [1.807, 2.05) is 36.9 Å². The van der Waals surface area contributed by atoms with Crippen LogP contribution in [0.3, 0.4) is 0 Å². The van der Waals surface area contributed by atoms with E-state index in [2.05, 4.69) is 43.9 Å². The summed E-state index contributed by atoms with van der Waals surface area (Å²) in [6.07, 6.45) is 1.55. The highest BCUT2D eigenvalue weighted by Crippen LogP contribution is 2.51. The van der Waals surface area contributed by atoms with Crippen LogP contribution in [-0.4, -0.2) is 42.8 Å². The second-order valence-electron chi connectivity index (χ2n) is 10.8. The molecule has 35 heavy (non-hydrogen) atoms. The minimum absolute atomic E-state index is 0.0190. The standard InChI is InChI=1S/C30H33N3O2/c1-6-20-14-23-24(16-26(20)32-9-11-33(12-10-32)29(35)18(2)3)30(4,5)25-15-21-13-19(17-31)7-8-22(21)27(25)28(23)34/h7-8,13-14,16,18H,6,9-12,15H2,1-5H3. The maximum atomic E-state index is 13.9. The Balaban J connectivity index is 1.53. The lowest BCUT2D eigenvalue weighted by atomic mass is 9.68. The molecule has 1 aliphatic heterocycles. The van der Waals surface area contributed by atoms with E-state index in [0.29, 0.717) is 12.0 Å². The third-order valence-corrected chi connectivity index (χ3v) is 8.10. The number of hydrogen-bond donors (Lipinski definition) is 0. The summed E-state index contributed by atoms with van der Waals surface area (Å²) in [5, 5.41) is 9.35. The number of Topliss-reactive ketones (excluding diaryl/α,β-unsaturated/α-hetero) is 1. The molecule has 0 atom stereocenters. The first-order chi connectivity index (χ1) is 16.7. The van der Waals surface area contributed by atoms with Crippen LogP contribution in [0.25, 0.3) is 5.57 Å². The fourth-order valence-electron chi connectivity index (χ4n) is 6.03. The number of aryl methyl sites for hydroxylation is 1. The molecule has 180 valence electrons. The highest BCUT2D eigenvalue weighted by atomic mass is 16.2. The molecule has 1 fully saturated rings. The number of anilines is 1. The molecule has 0 saturated carbocycles. The molecule has 0 bridgehead atoms. The second-order valence-corrected chi connectivity index (χ2v) is 10.8. The fourth-order valence-corrected chi connectivity index (χ4v) is 6.03. The number of carbonyl (C=O) groups excluding carboxylic acids is 2. The minimum Gasteiger partial charge on any atom is -0.368 e. The lowest BCUT2D eigenvalue weighted by molar-refractivity contribution is -0.134. The summed E-state index contributed by atoms with van der Waals surface area (Å²) >= 11 is 0. The van der Waals surface area contributed by atoms with E-state index in [-0.39, 0.29) is 23.0 Å². The monoisotopic (exact) mass is 467 g/mol. The Labute approximate surface area is 208 Å². The Morgan fingerprint density at radius 1 is 1.09 bits per heavy atom. The predicted octanol–water partition coefficient (Wildman–Crippen LogP) is 4.91. The van der Waals surface area contributed by atoms with Gasteiger partial charge in [0.2, 0.25) is 5.91 Å². The van der Waals surface area contributed by atoms with Crippen LogP contribution >= 0.6 is 0 Å². The third kappa shape index (κ3) is 3.58. The molecule has 1 amide bonds. The predicted molar refractivity (Wildman–Crippen MR) is 139 cm³/mol. The minimum atomic E-state index is -0.291. The smallest absolute Gasteiger partial charge is 0.225 e. The Morgan fingerprint density at radius 2 is 1.80 bits per heavy atom. The van der Waals surface area contributed by atoms with Crippen LogP contribution in [0.15, 0.2) is 35.9 Å². The normalized spacial score (nSPS) is 18.4. The number of ketones is 1. The van der Waals surface area contributed by atoms with Gasteiger partial charge in [0.25, 0.3) is 0 Å². The van der Waals surface area contributed by atoms with Crippen molar-refractivity contribution >= 4 is 23.0 Å². The van der Waals surface area contributed by atoms with E-state index >= 15 is 0 Å². The van der Waals surface area contributed by atoms with Crippen molar-refractivity contribution in [3.63, 3.8) is 0 Å². The van der Waals surface area contributed by atoms with Crippen LogP contribution in [-0.2, 0) is 23.1 Å². The maximum Gasteiger partial charge on any atom is 0.225 e. The van der Waals surface area contributed by atoms with Crippen LogP contribution in [0.2, 0.25) is 0 Å². The van der Waals surface area contributed by atoms with Gasteiger partial charge in [0, 0.05) is 54.3 Å². The van der Waals surface area contributed by atoms with Gasteiger partial charge >= 0.3 is 0 Å². The zero-order valence-corrected chi connectivity index (χ0v) is 21.4. The molecule has 3 aliphatic rings. The van der Waals surface area contributed by atoms with Gasteiger partial charge in [-0.3, -0.25) is 9.59 Å². The zero-order chi connectivity index (χ0) is 25.1. The van der Waals surface area contributed by atoms with Crippen molar-refractivity contribution in [1.82, 2.24) is 4.90 Å². The van der Waals surface area contributed by atoms with Crippen LogP contribution < -0.4 is 4.90 Å². The lowest BCUT2D eigenvalue weighted by Crippen LogP contribution is -2.50. The highest BCUT2D eigenvalue weighted by molar-refractivity contribution is 6.33. The summed E-state index contributed by atoms with van der Waals surface area (Å²) in [7, 11) is 0. The van der Waals surface area contributed by atoms with E-state index in [0.717, 1.165) is 66.0 Å². The topological polar surface area (TPSA) is 64.4 Å². The number of rotatable bonds is 3. The molecule has 0 spiro atoms. The van der Waals surface area contributed by atoms with Crippen LogP contribution in [0.4, 0.5) is 5.69 Å². The molecule has 0 aromatic heterocycles. The summed E-state index contributed by atoms with van der Waals surface area (Å²) in [4.78, 5) is 30.7. The average molecular weight is 468 g/mol. The Morgan fingerprint density at radius 3 is 2.43 bits per heavy atom. The fraction of sp³-hybridized carbons (Fsp3) is 0.433. The Bertz CT molecular complexity index is 1320. The zero-order valence-electron chi connectivity index (χ0n) is 21.4. The number of allylic oxidation sites excluding steroid dienone is 2. The van der Waals surface area contributed by atoms with Crippen molar-refractivity contribution in [2.24, 2.45) is 5.92 Å². The van der Waals surface area contributed by atoms with Crippen molar-refractivity contribution in [2.75, 3.05) is 31.1 Å². The van der Waals surface area contributed by atoms with E-state index in [9.17, 15) is 14.9 Å². The van der Waals surface area contributed by atoms with Gasteiger partial charge in [0.05, 0.1) is 11.6 Å². The number of benzene rings is 2. The highest BCUT2D eigenvalue weighted by Gasteiger charge is 2.43. The molecular weight excluding hydrogens is 434 g/mol. The summed E-state index contributed by atoms with van der Waals surface area (Å²) in [5.41, 5.74) is 8.65. The van der Waals surface area contributed by atoms with Gasteiger partial charge in [0.1, 0.15) is 0 Å². The summed E-state index contributed by atoms with van der Waals surface area (Å²) in [6.45, 7) is 13.6. The first-order valence-corrected chi connectivity index (χ1v) is 12.7. The molecule has 5 rings (SSSR count). The largest absolute Gasteiger partial charge is 0.368 e. The Hall–Kier alpha value is -3.39. The van der Waals surface area contributed by atoms with E-state index in [1.54, 1.807) is 0 Å². The molecule has 1 heterocycles. The number of hydrogen-bond acceptors (Lipinski definition) is 4. The average Bonchev–Trinajstić information content (AvgIpc) is 3.26. The maximum absolute atomic E-state index is 13.9. The van der Waals surface area contributed by atoms with Gasteiger partial charge in [-0.1, -0.05) is 40.7 Å². The molecule has 2 aromatic rings. The molecule has 0 N–H and O–H groups in total. The van der Waals surface area contributed by atoms with Gasteiger partial charge in [-0.15, -0.1) is 0 Å². The van der Waals surface area contributed by atoms with Gasteiger partial charge in [-0.2, -0.15) is 5.26 Å². The quantitative estimate of drug-likeness (QED) is 0.644. The molecule has 0 radical (unpaired) electrons. The van der Waals surface area contributed by atoms with Gasteiger partial charge < -0.3 is 9.80 Å². The molecule has 1 saturated heterocycles. The number of fused-ring (bicyclic) bond motifs is 3. The molecule has 2 aliphatic carbocycles. The van der Waals surface area contributed by atoms with Crippen LogP contribution in [0.5, 0.6) is 0 Å². The van der Waals surface area contributed by atoms with Crippen molar-refractivity contribution in [3.05, 3.63) is 69.3 Å². The summed E-state index contributed by atoms with van der Waals surface area (Å²) < 4.78 is 0. The van der Waals surface area contributed by atoms with Gasteiger partial charge in [-0.05, 0) is 64.9 Å². The van der Waals surface area contributed by atoms with E-state index in [1.165, 1.54) is 11.3 Å². The van der Waals surface area contributed by atoms with Crippen LogP contribution in [0, 0.1) is 17.2 Å². The molecule has 2 aromatic carbocycles. The first-order valence-electron chi connectivity index (χ1n) is 12.7. The molecule has 5 heteroatoms. The summed E-state index contributed by atoms with van der Waals surface area (Å²) in [6, 6.07) is 12.3. The Kier molecular flexibility index (Phi) is 5.59. The van der Waals surface area contributed by atoms with Crippen molar-refractivity contribution in [1.29, 1.82) is 5.26 Å². The van der Waals surface area contributed by atoms with E-state index in [4.69, 9.17) is 0 Å². The molecular formula is C30H33N3O2. The number of carbonyl (C=O) groups is 2. The number of piperazine rings is 1. The van der Waals surface area contributed by atoms with Gasteiger partial charge in [0.15, 0.2) is 5.78 Å². The summed E-state index contributed by atoms with van der Waals surface area (Å²) in [5.74, 6) is 0.342. The second kappa shape index (κ2) is 8.37. The lowest BCUT2D eigenvalue weighted by Gasteiger charge is -2.40. The first kappa shape index (κ1) is 23.4. The molecule has 5 nitrogen and oxygen atoms in total. The SMILES string of the molecule is CCc1cc2c(cc1N1CCN(C(=O)C(C)C)CC1)C(C)(C)C1=C(C2=O)c2ccc(C#N)cc2C1. The van der Waals surface area contributed by atoms with Crippen molar-refractivity contribution in [3.8, 4) is 6.07 Å². The number of nitriles is 1. The third-order valence-electron chi connectivity index (χ3n) is 8.10. The molecule has 0 unspecified atom stereocenters. The van der Waals surface area contributed by atoms with Gasteiger partial charge in [-0.25, -0.2) is 0 Å². The number of nitrogens with zero attached hydrogens (tertiary/aromatic N) is 3. The van der Waals surface area contributed by atoms with E-state index < -0.39 is 0 Å². The number of amides is 1. The van der Waals surface area contributed by atoms with Crippen molar-refractivity contribution in [2.45, 2.75) is 52.9 Å². The van der Waals surface area contributed by atoms with Crippen molar-refractivity contribution < 1.29 is 9.59 Å².